The lowest BCUT2D eigenvalue weighted by Gasteiger charge is -2.26. The van der Waals surface area contributed by atoms with Crippen molar-refractivity contribution in [2.24, 2.45) is 0 Å². The van der Waals surface area contributed by atoms with Crippen LogP contribution in [-0.2, 0) is 0 Å². The molecule has 0 amide bonds. The SMILES string of the molecule is Fc1ccc(OCCN2CCNCC2)c(Cl)c1. The number of piperazine rings is 1. The van der Waals surface area contributed by atoms with E-state index in [2.05, 4.69) is 10.2 Å². The fourth-order valence-corrected chi connectivity index (χ4v) is 2.03. The van der Waals surface area contributed by atoms with Crippen molar-refractivity contribution in [3.63, 3.8) is 0 Å². The van der Waals surface area contributed by atoms with Crippen LogP contribution in [0.25, 0.3) is 0 Å². The maximum atomic E-state index is 12.8. The van der Waals surface area contributed by atoms with Gasteiger partial charge in [-0.05, 0) is 18.2 Å². The monoisotopic (exact) mass is 258 g/mol. The van der Waals surface area contributed by atoms with Crippen molar-refractivity contribution < 1.29 is 9.13 Å². The summed E-state index contributed by atoms with van der Waals surface area (Å²) in [4.78, 5) is 2.33. The molecule has 3 nitrogen and oxygen atoms in total. The third-order valence-electron chi connectivity index (χ3n) is 2.77. The van der Waals surface area contributed by atoms with Gasteiger partial charge < -0.3 is 10.1 Å². The van der Waals surface area contributed by atoms with Gasteiger partial charge in [-0.15, -0.1) is 0 Å². The average molecular weight is 259 g/mol. The van der Waals surface area contributed by atoms with E-state index < -0.39 is 0 Å². The van der Waals surface area contributed by atoms with E-state index in [1.807, 2.05) is 0 Å². The summed E-state index contributed by atoms with van der Waals surface area (Å²) in [6.45, 7) is 5.58. The molecule has 1 N–H and O–H groups in total. The zero-order chi connectivity index (χ0) is 12.1. The maximum Gasteiger partial charge on any atom is 0.138 e. The Hall–Kier alpha value is -0.840. The summed E-state index contributed by atoms with van der Waals surface area (Å²) < 4.78 is 18.3. The molecule has 94 valence electrons. The Morgan fingerprint density at radius 1 is 1.35 bits per heavy atom. The van der Waals surface area contributed by atoms with Crippen molar-refractivity contribution >= 4 is 11.6 Å². The highest BCUT2D eigenvalue weighted by Crippen LogP contribution is 2.24. The van der Waals surface area contributed by atoms with Crippen LogP contribution in [0, 0.1) is 5.82 Å². The van der Waals surface area contributed by atoms with Gasteiger partial charge in [-0.3, -0.25) is 4.90 Å². The largest absolute Gasteiger partial charge is 0.491 e. The standard InChI is InChI=1S/C12H16ClFN2O/c13-11-9-10(14)1-2-12(11)17-8-7-16-5-3-15-4-6-16/h1-2,9,15H,3-8H2. The van der Waals surface area contributed by atoms with E-state index in [0.717, 1.165) is 32.7 Å². The Balaban J connectivity index is 1.77. The van der Waals surface area contributed by atoms with Gasteiger partial charge in [0.05, 0.1) is 5.02 Å². The highest BCUT2D eigenvalue weighted by atomic mass is 35.5. The topological polar surface area (TPSA) is 24.5 Å². The Morgan fingerprint density at radius 2 is 2.12 bits per heavy atom. The Morgan fingerprint density at radius 3 is 2.82 bits per heavy atom. The van der Waals surface area contributed by atoms with E-state index >= 15 is 0 Å². The van der Waals surface area contributed by atoms with Gasteiger partial charge in [-0.2, -0.15) is 0 Å². The summed E-state index contributed by atoms with van der Waals surface area (Å²) in [5.74, 6) is 0.202. The van der Waals surface area contributed by atoms with Crippen LogP contribution >= 0.6 is 11.6 Å². The van der Waals surface area contributed by atoms with Crippen LogP contribution < -0.4 is 10.1 Å². The maximum absolute atomic E-state index is 12.8. The first-order valence-corrected chi connectivity index (χ1v) is 6.14. The molecule has 1 heterocycles. The fourth-order valence-electron chi connectivity index (χ4n) is 1.81. The van der Waals surface area contributed by atoms with Crippen molar-refractivity contribution in [3.05, 3.63) is 29.0 Å². The molecule has 0 spiro atoms. The molecule has 0 aromatic heterocycles. The van der Waals surface area contributed by atoms with Crippen LogP contribution in [0.5, 0.6) is 5.75 Å². The van der Waals surface area contributed by atoms with Gasteiger partial charge in [-0.25, -0.2) is 4.39 Å². The highest BCUT2D eigenvalue weighted by Gasteiger charge is 2.09. The zero-order valence-electron chi connectivity index (χ0n) is 9.59. The normalized spacial score (nSPS) is 17.1. The number of ether oxygens (including phenoxy) is 1. The molecular formula is C12H16ClFN2O. The van der Waals surface area contributed by atoms with E-state index in [-0.39, 0.29) is 5.82 Å². The van der Waals surface area contributed by atoms with Gasteiger partial charge in [0.15, 0.2) is 0 Å². The first-order chi connectivity index (χ1) is 8.25. The minimum atomic E-state index is -0.343. The minimum absolute atomic E-state index is 0.324. The number of rotatable bonds is 4. The smallest absolute Gasteiger partial charge is 0.138 e. The molecule has 1 fully saturated rings. The molecule has 1 aromatic carbocycles. The predicted molar refractivity (Wildman–Crippen MR) is 66.2 cm³/mol. The molecule has 1 saturated heterocycles. The van der Waals surface area contributed by atoms with E-state index in [1.165, 1.54) is 12.1 Å². The summed E-state index contributed by atoms with van der Waals surface area (Å²) in [6, 6.07) is 4.18. The number of nitrogens with zero attached hydrogens (tertiary/aromatic N) is 1. The van der Waals surface area contributed by atoms with E-state index in [0.29, 0.717) is 17.4 Å². The lowest BCUT2D eigenvalue weighted by molar-refractivity contribution is 0.191. The van der Waals surface area contributed by atoms with Gasteiger partial charge in [0, 0.05) is 32.7 Å². The molecule has 1 aliphatic rings. The second kappa shape index (κ2) is 6.19. The quantitative estimate of drug-likeness (QED) is 0.891. The average Bonchev–Trinajstić information content (AvgIpc) is 2.33. The Kier molecular flexibility index (Phi) is 4.59. The summed E-state index contributed by atoms with van der Waals surface area (Å²) in [7, 11) is 0. The first kappa shape index (κ1) is 12.6. The van der Waals surface area contributed by atoms with Crippen LogP contribution in [0.3, 0.4) is 0 Å². The molecule has 1 aliphatic heterocycles. The van der Waals surface area contributed by atoms with Crippen LogP contribution in [-0.4, -0.2) is 44.2 Å². The lowest BCUT2D eigenvalue weighted by atomic mass is 10.3. The number of hydrogen-bond acceptors (Lipinski definition) is 3. The van der Waals surface area contributed by atoms with Crippen LogP contribution in [0.4, 0.5) is 4.39 Å². The summed E-state index contributed by atoms with van der Waals surface area (Å²) in [5, 5.41) is 3.62. The molecule has 0 aliphatic carbocycles. The van der Waals surface area contributed by atoms with Gasteiger partial charge in [-0.1, -0.05) is 11.6 Å². The molecular weight excluding hydrogens is 243 g/mol. The van der Waals surface area contributed by atoms with Gasteiger partial charge in [0.1, 0.15) is 18.2 Å². The lowest BCUT2D eigenvalue weighted by Crippen LogP contribution is -2.44. The van der Waals surface area contributed by atoms with Crippen molar-refractivity contribution in [2.75, 3.05) is 39.3 Å². The van der Waals surface area contributed by atoms with Crippen molar-refractivity contribution in [1.82, 2.24) is 10.2 Å². The van der Waals surface area contributed by atoms with Gasteiger partial charge in [0.2, 0.25) is 0 Å². The van der Waals surface area contributed by atoms with Crippen LogP contribution in [0.15, 0.2) is 18.2 Å². The Labute approximate surface area is 106 Å². The Bertz CT molecular complexity index is 370. The summed E-state index contributed by atoms with van der Waals surface area (Å²) >= 11 is 5.86. The molecule has 0 atom stereocenters. The summed E-state index contributed by atoms with van der Waals surface area (Å²) in [6.07, 6.45) is 0. The van der Waals surface area contributed by atoms with E-state index in [9.17, 15) is 4.39 Å². The second-order valence-electron chi connectivity index (χ2n) is 4.01. The van der Waals surface area contributed by atoms with Gasteiger partial charge in [0.25, 0.3) is 0 Å². The van der Waals surface area contributed by atoms with E-state index in [4.69, 9.17) is 16.3 Å². The number of hydrogen-bond donors (Lipinski definition) is 1. The first-order valence-electron chi connectivity index (χ1n) is 5.76. The van der Waals surface area contributed by atoms with Crippen LogP contribution in [0.2, 0.25) is 5.02 Å². The van der Waals surface area contributed by atoms with Crippen molar-refractivity contribution in [3.8, 4) is 5.75 Å². The molecule has 0 saturated carbocycles. The third-order valence-corrected chi connectivity index (χ3v) is 3.06. The molecule has 2 rings (SSSR count). The molecule has 0 bridgehead atoms. The number of nitrogens with one attached hydrogen (secondary N) is 1. The van der Waals surface area contributed by atoms with Crippen molar-refractivity contribution in [1.29, 1.82) is 0 Å². The summed E-state index contributed by atoms with van der Waals surface area (Å²) in [5.41, 5.74) is 0. The highest BCUT2D eigenvalue weighted by molar-refractivity contribution is 6.32. The zero-order valence-corrected chi connectivity index (χ0v) is 10.3. The predicted octanol–water partition coefficient (Wildman–Crippen LogP) is 1.76. The minimum Gasteiger partial charge on any atom is -0.491 e. The molecule has 0 unspecified atom stereocenters. The van der Waals surface area contributed by atoms with Crippen molar-refractivity contribution in [2.45, 2.75) is 0 Å². The molecule has 0 radical (unpaired) electrons. The molecule has 1 aromatic rings. The number of benzene rings is 1. The van der Waals surface area contributed by atoms with Crippen LogP contribution in [0.1, 0.15) is 0 Å². The molecule has 5 heteroatoms. The fraction of sp³-hybridized carbons (Fsp3) is 0.500. The number of halogens is 2. The van der Waals surface area contributed by atoms with E-state index in [1.54, 1.807) is 6.07 Å². The molecule has 17 heavy (non-hydrogen) atoms. The second-order valence-corrected chi connectivity index (χ2v) is 4.42. The third kappa shape index (κ3) is 3.84. The van der Waals surface area contributed by atoms with Gasteiger partial charge >= 0.3 is 0 Å².